The van der Waals surface area contributed by atoms with Crippen LogP contribution in [0, 0.1) is 5.82 Å². The van der Waals surface area contributed by atoms with Crippen LogP contribution in [-0.4, -0.2) is 32.9 Å². The van der Waals surface area contributed by atoms with Crippen LogP contribution >= 0.6 is 11.6 Å². The van der Waals surface area contributed by atoms with E-state index in [4.69, 9.17) is 16.3 Å². The molecule has 0 heterocycles. The first kappa shape index (κ1) is 22.6. The zero-order valence-electron chi connectivity index (χ0n) is 16.0. The predicted octanol–water partition coefficient (Wildman–Crippen LogP) is 3.58. The Balaban J connectivity index is 2.46. The van der Waals surface area contributed by atoms with Crippen LogP contribution in [-0.2, 0) is 24.3 Å². The monoisotopic (exact) mass is 442 g/mol. The maximum absolute atomic E-state index is 13.5. The van der Waals surface area contributed by atoms with Crippen molar-refractivity contribution in [3.8, 4) is 0 Å². The van der Waals surface area contributed by atoms with Crippen LogP contribution < -0.4 is 9.62 Å². The Morgan fingerprint density at radius 2 is 1.79 bits per heavy atom. The van der Waals surface area contributed by atoms with E-state index in [1.54, 1.807) is 13.8 Å². The molecule has 156 valence electrons. The molecule has 0 unspecified atom stereocenters. The minimum absolute atomic E-state index is 0.00282. The topological polar surface area (TPSA) is 92.8 Å². The Morgan fingerprint density at radius 1 is 1.17 bits per heavy atom. The van der Waals surface area contributed by atoms with Gasteiger partial charge in [0.2, 0.25) is 5.91 Å². The third kappa shape index (κ3) is 5.91. The SMILES string of the molecule is CC(=O)Nc1ccc(S(=O)(=O)N(CC(=O)OC(C)C)c2ccc(F)c(Cl)c2)cc1. The quantitative estimate of drug-likeness (QED) is 0.661. The normalized spacial score (nSPS) is 11.2. The average Bonchev–Trinajstić information content (AvgIpc) is 2.61. The van der Waals surface area contributed by atoms with Gasteiger partial charge in [0.25, 0.3) is 10.0 Å². The summed E-state index contributed by atoms with van der Waals surface area (Å²) in [7, 11) is -4.22. The summed E-state index contributed by atoms with van der Waals surface area (Å²) in [5.41, 5.74) is 0.412. The fraction of sp³-hybridized carbons (Fsp3) is 0.263. The van der Waals surface area contributed by atoms with E-state index in [2.05, 4.69) is 5.32 Å². The molecule has 0 bridgehead atoms. The van der Waals surface area contributed by atoms with Gasteiger partial charge in [-0.1, -0.05) is 11.6 Å². The van der Waals surface area contributed by atoms with E-state index in [1.807, 2.05) is 0 Å². The first-order valence-electron chi connectivity index (χ1n) is 8.55. The van der Waals surface area contributed by atoms with Gasteiger partial charge in [-0.05, 0) is 56.3 Å². The average molecular weight is 443 g/mol. The summed E-state index contributed by atoms with van der Waals surface area (Å²) in [5.74, 6) is -1.81. The van der Waals surface area contributed by atoms with Gasteiger partial charge in [-0.2, -0.15) is 0 Å². The highest BCUT2D eigenvalue weighted by atomic mass is 35.5. The molecule has 29 heavy (non-hydrogen) atoms. The molecule has 2 rings (SSSR count). The van der Waals surface area contributed by atoms with Crippen LogP contribution in [0.4, 0.5) is 15.8 Å². The Labute approximate surface area is 173 Å². The highest BCUT2D eigenvalue weighted by Gasteiger charge is 2.28. The van der Waals surface area contributed by atoms with Crippen molar-refractivity contribution in [2.75, 3.05) is 16.2 Å². The Bertz CT molecular complexity index is 1010. The summed E-state index contributed by atoms with van der Waals surface area (Å²) in [6, 6.07) is 8.72. The number of halogens is 2. The van der Waals surface area contributed by atoms with Gasteiger partial charge in [-0.3, -0.25) is 13.9 Å². The molecule has 2 aromatic rings. The second-order valence-corrected chi connectivity index (χ2v) is 8.62. The van der Waals surface area contributed by atoms with Crippen molar-refractivity contribution in [1.82, 2.24) is 0 Å². The number of esters is 1. The van der Waals surface area contributed by atoms with Gasteiger partial charge >= 0.3 is 5.97 Å². The summed E-state index contributed by atoms with van der Waals surface area (Å²) in [4.78, 5) is 23.1. The maximum atomic E-state index is 13.5. The van der Waals surface area contributed by atoms with Crippen LogP contribution in [0.2, 0.25) is 5.02 Å². The number of hydrogen-bond acceptors (Lipinski definition) is 5. The van der Waals surface area contributed by atoms with Crippen molar-refractivity contribution in [3.05, 3.63) is 53.3 Å². The Hall–Kier alpha value is -2.65. The van der Waals surface area contributed by atoms with Crippen LogP contribution in [0.3, 0.4) is 0 Å². The first-order valence-corrected chi connectivity index (χ1v) is 10.4. The maximum Gasteiger partial charge on any atom is 0.327 e. The van der Waals surface area contributed by atoms with Crippen LogP contribution in [0.1, 0.15) is 20.8 Å². The van der Waals surface area contributed by atoms with Crippen molar-refractivity contribution in [1.29, 1.82) is 0 Å². The summed E-state index contributed by atoms with van der Waals surface area (Å²) in [5, 5.41) is 2.24. The summed E-state index contributed by atoms with van der Waals surface area (Å²) < 4.78 is 45.7. The lowest BCUT2D eigenvalue weighted by molar-refractivity contribution is -0.145. The smallest absolute Gasteiger partial charge is 0.327 e. The van der Waals surface area contributed by atoms with Gasteiger partial charge in [-0.15, -0.1) is 0 Å². The number of rotatable bonds is 7. The third-order valence-corrected chi connectivity index (χ3v) is 5.67. The van der Waals surface area contributed by atoms with Crippen LogP contribution in [0.5, 0.6) is 0 Å². The molecule has 0 fully saturated rings. The summed E-state index contributed by atoms with van der Waals surface area (Å²) in [6.07, 6.45) is -0.444. The third-order valence-electron chi connectivity index (χ3n) is 3.59. The molecule has 0 aliphatic rings. The second kappa shape index (κ2) is 9.23. The van der Waals surface area contributed by atoms with Crippen molar-refractivity contribution in [3.63, 3.8) is 0 Å². The van der Waals surface area contributed by atoms with E-state index >= 15 is 0 Å². The highest BCUT2D eigenvalue weighted by Crippen LogP contribution is 2.28. The lowest BCUT2D eigenvalue weighted by Crippen LogP contribution is -2.37. The number of carbonyl (C=O) groups excluding carboxylic acids is 2. The van der Waals surface area contributed by atoms with Crippen LogP contribution in [0.25, 0.3) is 0 Å². The largest absolute Gasteiger partial charge is 0.462 e. The fourth-order valence-electron chi connectivity index (χ4n) is 2.41. The molecule has 0 spiro atoms. The molecular formula is C19H20ClFN2O5S. The van der Waals surface area contributed by atoms with E-state index in [0.717, 1.165) is 16.4 Å². The van der Waals surface area contributed by atoms with Gasteiger partial charge < -0.3 is 10.1 Å². The van der Waals surface area contributed by atoms with Crippen molar-refractivity contribution >= 4 is 44.9 Å². The lowest BCUT2D eigenvalue weighted by atomic mass is 10.3. The van der Waals surface area contributed by atoms with Gasteiger partial charge in [-0.25, -0.2) is 12.8 Å². The summed E-state index contributed by atoms with van der Waals surface area (Å²) in [6.45, 7) is 3.96. The molecule has 0 aliphatic carbocycles. The number of carbonyl (C=O) groups is 2. The van der Waals surface area contributed by atoms with E-state index in [1.165, 1.54) is 37.3 Å². The number of nitrogens with one attached hydrogen (secondary N) is 1. The standard InChI is InChI=1S/C19H20ClFN2O5S/c1-12(2)28-19(25)11-23(15-6-9-18(21)17(20)10-15)29(26,27)16-7-4-14(5-8-16)22-13(3)24/h4-10,12H,11H2,1-3H3,(H,22,24). The van der Waals surface area contributed by atoms with Crippen molar-refractivity contribution < 1.29 is 27.1 Å². The number of hydrogen-bond donors (Lipinski definition) is 1. The highest BCUT2D eigenvalue weighted by molar-refractivity contribution is 7.92. The molecule has 0 aromatic heterocycles. The number of amides is 1. The van der Waals surface area contributed by atoms with Crippen LogP contribution in [0.15, 0.2) is 47.4 Å². The Morgan fingerprint density at radius 3 is 2.31 bits per heavy atom. The lowest BCUT2D eigenvalue weighted by Gasteiger charge is -2.24. The minimum Gasteiger partial charge on any atom is -0.462 e. The molecular weight excluding hydrogens is 423 g/mol. The number of ether oxygens (including phenoxy) is 1. The number of nitrogens with zero attached hydrogens (tertiary/aromatic N) is 1. The fourth-order valence-corrected chi connectivity index (χ4v) is 3.99. The number of sulfonamides is 1. The number of anilines is 2. The molecule has 10 heteroatoms. The zero-order chi connectivity index (χ0) is 21.8. The molecule has 0 aliphatic heterocycles. The van der Waals surface area contributed by atoms with E-state index < -0.39 is 34.5 Å². The summed E-state index contributed by atoms with van der Waals surface area (Å²) >= 11 is 5.79. The molecule has 0 atom stereocenters. The van der Waals surface area contributed by atoms with E-state index in [0.29, 0.717) is 5.69 Å². The molecule has 0 radical (unpaired) electrons. The molecule has 1 N–H and O–H groups in total. The second-order valence-electron chi connectivity index (χ2n) is 6.35. The molecule has 7 nitrogen and oxygen atoms in total. The first-order chi connectivity index (χ1) is 13.5. The van der Waals surface area contributed by atoms with Gasteiger partial charge in [0.05, 0.1) is 21.7 Å². The molecule has 0 saturated carbocycles. The van der Waals surface area contributed by atoms with E-state index in [-0.39, 0.29) is 21.5 Å². The molecule has 1 amide bonds. The van der Waals surface area contributed by atoms with E-state index in [9.17, 15) is 22.4 Å². The van der Waals surface area contributed by atoms with Gasteiger partial charge in [0.1, 0.15) is 12.4 Å². The zero-order valence-corrected chi connectivity index (χ0v) is 17.6. The van der Waals surface area contributed by atoms with Gasteiger partial charge in [0.15, 0.2) is 0 Å². The Kier molecular flexibility index (Phi) is 7.21. The predicted molar refractivity (Wildman–Crippen MR) is 108 cm³/mol. The van der Waals surface area contributed by atoms with Crippen molar-refractivity contribution in [2.45, 2.75) is 31.8 Å². The molecule has 2 aromatic carbocycles. The van der Waals surface area contributed by atoms with Gasteiger partial charge in [0, 0.05) is 12.6 Å². The minimum atomic E-state index is -4.22. The molecule has 0 saturated heterocycles. The van der Waals surface area contributed by atoms with Crippen molar-refractivity contribution in [2.24, 2.45) is 0 Å². The number of benzene rings is 2.